The summed E-state index contributed by atoms with van der Waals surface area (Å²) < 4.78 is 11.0. The smallest absolute Gasteiger partial charge is 0.277 e. The molecule has 1 heterocycles. The number of benzene rings is 2. The molecule has 1 amide bonds. The number of aryl methyl sites for hydroxylation is 2. The van der Waals surface area contributed by atoms with Gasteiger partial charge in [0.2, 0.25) is 5.91 Å². The molecule has 1 N–H and O–H groups in total. The van der Waals surface area contributed by atoms with Gasteiger partial charge in [0, 0.05) is 12.1 Å². The molecule has 0 aliphatic rings. The van der Waals surface area contributed by atoms with Gasteiger partial charge in [-0.15, -0.1) is 10.2 Å². The zero-order valence-corrected chi connectivity index (χ0v) is 16.6. The largest absolute Gasteiger partial charge is 0.484 e. The Hall–Kier alpha value is -3.40. The van der Waals surface area contributed by atoms with Crippen LogP contribution in [0.1, 0.15) is 17.0 Å². The standard InChI is InChI=1S/C19H18N4O5S/c1-12-3-7-15(8-4-12)27-10-18-21-22-19(28-18)29-11-17(24)20-16-9-14(23(25)26)6-5-13(16)2/h3-9H,10-11H2,1-2H3,(H,20,24). The predicted molar refractivity (Wildman–Crippen MR) is 107 cm³/mol. The lowest BCUT2D eigenvalue weighted by Gasteiger charge is -2.07. The molecule has 0 radical (unpaired) electrons. The van der Waals surface area contributed by atoms with Crippen molar-refractivity contribution in [2.75, 3.05) is 11.1 Å². The Morgan fingerprint density at radius 3 is 2.69 bits per heavy atom. The molecule has 29 heavy (non-hydrogen) atoms. The molecule has 150 valence electrons. The number of carbonyl (C=O) groups excluding carboxylic acids is 1. The number of ether oxygens (including phenoxy) is 1. The van der Waals surface area contributed by atoms with Crippen LogP contribution >= 0.6 is 11.8 Å². The molecule has 0 aliphatic carbocycles. The predicted octanol–water partition coefficient (Wildman–Crippen LogP) is 3.90. The SMILES string of the molecule is Cc1ccc(OCc2nnc(SCC(=O)Nc3cc([N+](=O)[O-])ccc3C)o2)cc1. The Kier molecular flexibility index (Phi) is 6.45. The molecule has 0 atom stereocenters. The monoisotopic (exact) mass is 414 g/mol. The van der Waals surface area contributed by atoms with Crippen molar-refractivity contribution >= 4 is 29.0 Å². The highest BCUT2D eigenvalue weighted by Gasteiger charge is 2.13. The second-order valence-electron chi connectivity index (χ2n) is 6.16. The van der Waals surface area contributed by atoms with Crippen LogP contribution in [0.4, 0.5) is 11.4 Å². The van der Waals surface area contributed by atoms with Crippen LogP contribution in [0.2, 0.25) is 0 Å². The van der Waals surface area contributed by atoms with Gasteiger partial charge in [0.05, 0.1) is 16.4 Å². The van der Waals surface area contributed by atoms with Crippen molar-refractivity contribution in [2.45, 2.75) is 25.7 Å². The van der Waals surface area contributed by atoms with E-state index in [4.69, 9.17) is 9.15 Å². The quantitative estimate of drug-likeness (QED) is 0.335. The Balaban J connectivity index is 1.50. The minimum Gasteiger partial charge on any atom is -0.484 e. The summed E-state index contributed by atoms with van der Waals surface area (Å²) in [6.07, 6.45) is 0. The average molecular weight is 414 g/mol. The molecule has 0 unspecified atom stereocenters. The lowest BCUT2D eigenvalue weighted by molar-refractivity contribution is -0.384. The third-order valence-corrected chi connectivity index (χ3v) is 4.68. The number of rotatable bonds is 8. The van der Waals surface area contributed by atoms with Crippen LogP contribution < -0.4 is 10.1 Å². The van der Waals surface area contributed by atoms with E-state index in [1.165, 1.54) is 12.1 Å². The number of non-ortho nitro benzene ring substituents is 1. The topological polar surface area (TPSA) is 120 Å². The number of aromatic nitrogens is 2. The van der Waals surface area contributed by atoms with E-state index in [0.29, 0.717) is 17.3 Å². The number of nitro groups is 1. The highest BCUT2D eigenvalue weighted by molar-refractivity contribution is 7.99. The van der Waals surface area contributed by atoms with Crippen molar-refractivity contribution in [2.24, 2.45) is 0 Å². The first-order chi connectivity index (χ1) is 13.9. The van der Waals surface area contributed by atoms with Gasteiger partial charge < -0.3 is 14.5 Å². The third-order valence-electron chi connectivity index (χ3n) is 3.86. The van der Waals surface area contributed by atoms with Gasteiger partial charge >= 0.3 is 0 Å². The summed E-state index contributed by atoms with van der Waals surface area (Å²) in [5.41, 5.74) is 2.16. The van der Waals surface area contributed by atoms with Crippen molar-refractivity contribution < 1.29 is 18.9 Å². The number of anilines is 1. The molecule has 9 nitrogen and oxygen atoms in total. The first-order valence-electron chi connectivity index (χ1n) is 8.60. The Morgan fingerprint density at radius 1 is 1.21 bits per heavy atom. The number of carbonyl (C=O) groups is 1. The lowest BCUT2D eigenvalue weighted by atomic mass is 10.2. The van der Waals surface area contributed by atoms with Crippen molar-refractivity contribution in [1.82, 2.24) is 10.2 Å². The maximum Gasteiger partial charge on any atom is 0.277 e. The van der Waals surface area contributed by atoms with Gasteiger partial charge in [0.1, 0.15) is 5.75 Å². The molecule has 0 saturated carbocycles. The van der Waals surface area contributed by atoms with Crippen LogP contribution in [0.15, 0.2) is 52.1 Å². The molecule has 10 heteroatoms. The summed E-state index contributed by atoms with van der Waals surface area (Å²) in [7, 11) is 0. The van der Waals surface area contributed by atoms with E-state index in [9.17, 15) is 14.9 Å². The van der Waals surface area contributed by atoms with Crippen LogP contribution in [0, 0.1) is 24.0 Å². The zero-order chi connectivity index (χ0) is 20.8. The highest BCUT2D eigenvalue weighted by Crippen LogP contribution is 2.23. The second-order valence-corrected chi connectivity index (χ2v) is 7.08. The summed E-state index contributed by atoms with van der Waals surface area (Å²) in [6.45, 7) is 3.86. The molecule has 0 aliphatic heterocycles. The van der Waals surface area contributed by atoms with E-state index in [2.05, 4.69) is 15.5 Å². The van der Waals surface area contributed by atoms with Gasteiger partial charge in [-0.1, -0.05) is 35.5 Å². The van der Waals surface area contributed by atoms with E-state index in [1.54, 1.807) is 13.0 Å². The van der Waals surface area contributed by atoms with Crippen LogP contribution in [0.5, 0.6) is 5.75 Å². The summed E-state index contributed by atoms with van der Waals surface area (Å²) in [4.78, 5) is 22.5. The molecule has 0 bridgehead atoms. The number of amides is 1. The summed E-state index contributed by atoms with van der Waals surface area (Å²) in [5.74, 6) is 0.662. The molecule has 3 aromatic rings. The lowest BCUT2D eigenvalue weighted by Crippen LogP contribution is -2.15. The molecule has 2 aromatic carbocycles. The first kappa shape index (κ1) is 20.3. The van der Waals surface area contributed by atoms with E-state index in [0.717, 1.165) is 22.9 Å². The maximum atomic E-state index is 12.1. The van der Waals surface area contributed by atoms with Gasteiger partial charge in [-0.25, -0.2) is 0 Å². The van der Waals surface area contributed by atoms with Gasteiger partial charge in [-0.2, -0.15) is 0 Å². The van der Waals surface area contributed by atoms with Gasteiger partial charge in [0.25, 0.3) is 16.8 Å². The molecule has 0 fully saturated rings. The molecular formula is C19H18N4O5S. The van der Waals surface area contributed by atoms with Crippen molar-refractivity contribution in [3.63, 3.8) is 0 Å². The van der Waals surface area contributed by atoms with Gasteiger partial charge in [-0.3, -0.25) is 14.9 Å². The highest BCUT2D eigenvalue weighted by atomic mass is 32.2. The van der Waals surface area contributed by atoms with Crippen molar-refractivity contribution in [3.05, 3.63) is 69.6 Å². The maximum absolute atomic E-state index is 12.1. The van der Waals surface area contributed by atoms with E-state index < -0.39 is 4.92 Å². The average Bonchev–Trinajstić information content (AvgIpc) is 3.15. The minimum atomic E-state index is -0.511. The Labute approximate surface area is 170 Å². The fourth-order valence-electron chi connectivity index (χ4n) is 2.31. The minimum absolute atomic E-state index is 0.0165. The zero-order valence-electron chi connectivity index (χ0n) is 15.7. The van der Waals surface area contributed by atoms with Crippen LogP contribution in [0.25, 0.3) is 0 Å². The molecule has 0 spiro atoms. The number of nitrogens with zero attached hydrogens (tertiary/aromatic N) is 3. The molecule has 3 rings (SSSR count). The Morgan fingerprint density at radius 2 is 1.97 bits per heavy atom. The molecular weight excluding hydrogens is 396 g/mol. The summed E-state index contributed by atoms with van der Waals surface area (Å²) in [6, 6.07) is 11.9. The van der Waals surface area contributed by atoms with Gasteiger partial charge in [0.15, 0.2) is 6.61 Å². The first-order valence-corrected chi connectivity index (χ1v) is 9.59. The van der Waals surface area contributed by atoms with Crippen LogP contribution in [-0.4, -0.2) is 26.8 Å². The summed E-state index contributed by atoms with van der Waals surface area (Å²) >= 11 is 1.07. The fraction of sp³-hybridized carbons (Fsp3) is 0.211. The number of nitro benzene ring substituents is 1. The number of hydrogen-bond acceptors (Lipinski definition) is 8. The number of nitrogens with one attached hydrogen (secondary N) is 1. The fourth-order valence-corrected chi connectivity index (χ4v) is 2.89. The second kappa shape index (κ2) is 9.20. The third kappa shape index (κ3) is 5.79. The van der Waals surface area contributed by atoms with Crippen LogP contribution in [-0.2, 0) is 11.4 Å². The molecule has 1 aromatic heterocycles. The molecule has 0 saturated heterocycles. The number of hydrogen-bond donors (Lipinski definition) is 1. The normalized spacial score (nSPS) is 10.6. The number of thioether (sulfide) groups is 1. The van der Waals surface area contributed by atoms with Crippen molar-refractivity contribution in [1.29, 1.82) is 0 Å². The van der Waals surface area contributed by atoms with E-state index >= 15 is 0 Å². The van der Waals surface area contributed by atoms with Crippen LogP contribution in [0.3, 0.4) is 0 Å². The van der Waals surface area contributed by atoms with E-state index in [-0.39, 0.29) is 29.2 Å². The summed E-state index contributed by atoms with van der Waals surface area (Å²) in [5, 5.41) is 21.5. The van der Waals surface area contributed by atoms with Crippen molar-refractivity contribution in [3.8, 4) is 5.75 Å². The Bertz CT molecular complexity index is 1020. The van der Waals surface area contributed by atoms with E-state index in [1.807, 2.05) is 31.2 Å². The van der Waals surface area contributed by atoms with Gasteiger partial charge in [-0.05, 0) is 31.5 Å².